The number of fused-ring (bicyclic) bond motifs is 1. The fourth-order valence-corrected chi connectivity index (χ4v) is 3.70. The van der Waals surface area contributed by atoms with E-state index in [0.29, 0.717) is 24.5 Å². The zero-order valence-corrected chi connectivity index (χ0v) is 16.4. The maximum absolute atomic E-state index is 10.8. The highest BCUT2D eigenvalue weighted by Crippen LogP contribution is 2.41. The van der Waals surface area contributed by atoms with Crippen LogP contribution in [0.1, 0.15) is 0 Å². The second kappa shape index (κ2) is 7.60. The van der Waals surface area contributed by atoms with Gasteiger partial charge < -0.3 is 19.5 Å². The van der Waals surface area contributed by atoms with Crippen molar-refractivity contribution in [2.24, 2.45) is 0 Å². The minimum Gasteiger partial charge on any atom is -0.503 e. The van der Waals surface area contributed by atoms with E-state index >= 15 is 0 Å². The molecule has 4 aromatic rings. The highest BCUT2D eigenvalue weighted by Gasteiger charge is 2.21. The summed E-state index contributed by atoms with van der Waals surface area (Å²) in [6.07, 6.45) is 5.03. The number of nitrogens with one attached hydrogen (secondary N) is 1. The number of aromatic nitrogens is 5. The van der Waals surface area contributed by atoms with Crippen LogP contribution < -0.4 is 9.64 Å². The van der Waals surface area contributed by atoms with Gasteiger partial charge in [0.1, 0.15) is 17.0 Å². The summed E-state index contributed by atoms with van der Waals surface area (Å²) in [5.74, 6) is 0.957. The molecule has 152 valence electrons. The van der Waals surface area contributed by atoms with Crippen LogP contribution in [-0.4, -0.2) is 63.7 Å². The Morgan fingerprint density at radius 1 is 1.07 bits per heavy atom. The quantitative estimate of drug-likeness (QED) is 0.534. The number of pyridine rings is 3. The van der Waals surface area contributed by atoms with Crippen LogP contribution in [0.5, 0.6) is 11.6 Å². The van der Waals surface area contributed by atoms with Crippen LogP contribution in [0, 0.1) is 0 Å². The lowest BCUT2D eigenvalue weighted by atomic mass is 10.00. The molecule has 9 nitrogen and oxygen atoms in total. The molecule has 2 N–H and O–H groups in total. The molecule has 5 rings (SSSR count). The molecule has 0 spiro atoms. The Balaban J connectivity index is 1.80. The maximum atomic E-state index is 10.8. The Bertz CT molecular complexity index is 1190. The minimum atomic E-state index is -0.0136. The van der Waals surface area contributed by atoms with E-state index in [1.54, 1.807) is 24.7 Å². The van der Waals surface area contributed by atoms with Gasteiger partial charge in [-0.3, -0.25) is 10.1 Å². The molecule has 0 saturated carbocycles. The van der Waals surface area contributed by atoms with E-state index in [1.807, 2.05) is 18.2 Å². The third-order valence-electron chi connectivity index (χ3n) is 5.18. The second-order valence-electron chi connectivity index (χ2n) is 6.87. The molecule has 1 aliphatic heterocycles. The zero-order chi connectivity index (χ0) is 20.5. The van der Waals surface area contributed by atoms with Crippen molar-refractivity contribution in [2.45, 2.75) is 0 Å². The number of aromatic amines is 1. The average molecular weight is 404 g/mol. The van der Waals surface area contributed by atoms with Crippen molar-refractivity contribution >= 4 is 16.7 Å². The molecule has 0 amide bonds. The molecular weight excluding hydrogens is 384 g/mol. The van der Waals surface area contributed by atoms with Crippen LogP contribution in [0.3, 0.4) is 0 Å². The Morgan fingerprint density at radius 2 is 1.90 bits per heavy atom. The van der Waals surface area contributed by atoms with Gasteiger partial charge in [0.25, 0.3) is 5.88 Å². The van der Waals surface area contributed by atoms with E-state index in [-0.39, 0.29) is 11.6 Å². The maximum Gasteiger partial charge on any atom is 0.257 e. The summed E-state index contributed by atoms with van der Waals surface area (Å²) in [6.45, 7) is 2.76. The van der Waals surface area contributed by atoms with E-state index in [2.05, 4.69) is 25.1 Å². The van der Waals surface area contributed by atoms with Crippen molar-refractivity contribution in [3.05, 3.63) is 42.9 Å². The number of aromatic hydroxyl groups is 1. The molecule has 0 radical (unpaired) electrons. The summed E-state index contributed by atoms with van der Waals surface area (Å²) in [5, 5.41) is 18.7. The fourth-order valence-electron chi connectivity index (χ4n) is 3.70. The van der Waals surface area contributed by atoms with E-state index in [1.165, 1.54) is 7.11 Å². The molecule has 0 unspecified atom stereocenters. The van der Waals surface area contributed by atoms with Crippen LogP contribution in [0.15, 0.2) is 42.9 Å². The van der Waals surface area contributed by atoms with Crippen LogP contribution in [-0.2, 0) is 4.74 Å². The van der Waals surface area contributed by atoms with Crippen molar-refractivity contribution in [2.75, 3.05) is 38.3 Å². The van der Waals surface area contributed by atoms with Crippen LogP contribution in [0.2, 0.25) is 0 Å². The monoisotopic (exact) mass is 404 g/mol. The van der Waals surface area contributed by atoms with Crippen molar-refractivity contribution < 1.29 is 14.6 Å². The Hall–Kier alpha value is -3.72. The highest BCUT2D eigenvalue weighted by atomic mass is 16.5. The lowest BCUT2D eigenvalue weighted by Crippen LogP contribution is -2.36. The van der Waals surface area contributed by atoms with Gasteiger partial charge in [-0.1, -0.05) is 0 Å². The van der Waals surface area contributed by atoms with Gasteiger partial charge in [0.15, 0.2) is 5.75 Å². The highest BCUT2D eigenvalue weighted by molar-refractivity contribution is 6.02. The van der Waals surface area contributed by atoms with Gasteiger partial charge in [0.05, 0.1) is 26.0 Å². The van der Waals surface area contributed by atoms with Gasteiger partial charge in [-0.05, 0) is 29.8 Å². The molecule has 1 fully saturated rings. The van der Waals surface area contributed by atoms with E-state index in [0.717, 1.165) is 41.1 Å². The standard InChI is InChI=1S/C21H20N6O3/c1-29-21-20(28)14(3-6-23-21)15-12-17(27-8-10-30-11-9-27)25-18-13(15)2-5-22-19(18)16-4-7-24-26-16/h2-7,12,28H,8-11H2,1H3,(H,24,26). The number of hydrogen-bond acceptors (Lipinski definition) is 8. The number of methoxy groups -OCH3 is 1. The molecule has 0 atom stereocenters. The van der Waals surface area contributed by atoms with Crippen LogP contribution in [0.4, 0.5) is 5.82 Å². The topological polar surface area (TPSA) is 109 Å². The van der Waals surface area contributed by atoms with Crippen LogP contribution >= 0.6 is 0 Å². The molecule has 0 aliphatic carbocycles. The van der Waals surface area contributed by atoms with Gasteiger partial charge in [-0.15, -0.1) is 0 Å². The summed E-state index contributed by atoms with van der Waals surface area (Å²) in [6, 6.07) is 7.51. The van der Waals surface area contributed by atoms with E-state index < -0.39 is 0 Å². The lowest BCUT2D eigenvalue weighted by molar-refractivity contribution is 0.122. The Morgan fingerprint density at radius 3 is 2.67 bits per heavy atom. The van der Waals surface area contributed by atoms with Gasteiger partial charge in [0.2, 0.25) is 0 Å². The third kappa shape index (κ3) is 3.09. The molecule has 0 bridgehead atoms. The second-order valence-corrected chi connectivity index (χ2v) is 6.87. The Kier molecular flexibility index (Phi) is 4.64. The molecular formula is C21H20N6O3. The first-order valence-corrected chi connectivity index (χ1v) is 9.61. The van der Waals surface area contributed by atoms with Gasteiger partial charge in [-0.25, -0.2) is 9.97 Å². The first-order valence-electron chi connectivity index (χ1n) is 9.61. The van der Waals surface area contributed by atoms with E-state index in [9.17, 15) is 5.11 Å². The van der Waals surface area contributed by atoms with Gasteiger partial charge in [0, 0.05) is 42.6 Å². The van der Waals surface area contributed by atoms with Gasteiger partial charge >= 0.3 is 0 Å². The summed E-state index contributed by atoms with van der Waals surface area (Å²) in [4.78, 5) is 15.8. The fraction of sp³-hybridized carbons (Fsp3) is 0.238. The van der Waals surface area contributed by atoms with Crippen molar-refractivity contribution in [1.82, 2.24) is 25.1 Å². The zero-order valence-electron chi connectivity index (χ0n) is 16.4. The molecule has 9 heteroatoms. The third-order valence-corrected chi connectivity index (χ3v) is 5.18. The predicted octanol–water partition coefficient (Wildman–Crippen LogP) is 2.63. The number of H-pyrrole nitrogens is 1. The molecule has 4 aromatic heterocycles. The van der Waals surface area contributed by atoms with Gasteiger partial charge in [-0.2, -0.15) is 5.10 Å². The molecule has 1 saturated heterocycles. The number of hydrogen-bond donors (Lipinski definition) is 2. The predicted molar refractivity (Wildman–Crippen MR) is 112 cm³/mol. The minimum absolute atomic E-state index is 0.0136. The first-order chi connectivity index (χ1) is 14.8. The summed E-state index contributed by atoms with van der Waals surface area (Å²) in [5.41, 5.74) is 3.63. The SMILES string of the molecule is COc1nccc(-c2cc(N3CCOCC3)nc3c(-c4ccn[nH]4)nccc23)c1O. The Labute approximate surface area is 172 Å². The molecule has 0 aromatic carbocycles. The largest absolute Gasteiger partial charge is 0.503 e. The normalized spacial score (nSPS) is 14.2. The summed E-state index contributed by atoms with van der Waals surface area (Å²) >= 11 is 0. The summed E-state index contributed by atoms with van der Waals surface area (Å²) < 4.78 is 10.7. The smallest absolute Gasteiger partial charge is 0.257 e. The molecule has 1 aliphatic rings. The van der Waals surface area contributed by atoms with Crippen molar-refractivity contribution in [1.29, 1.82) is 0 Å². The number of morpholine rings is 1. The van der Waals surface area contributed by atoms with Crippen molar-refractivity contribution in [3.8, 4) is 34.1 Å². The number of nitrogens with zero attached hydrogens (tertiary/aromatic N) is 5. The number of rotatable bonds is 4. The average Bonchev–Trinajstić information content (AvgIpc) is 3.33. The number of anilines is 1. The van der Waals surface area contributed by atoms with Crippen LogP contribution in [0.25, 0.3) is 33.4 Å². The molecule has 30 heavy (non-hydrogen) atoms. The molecule has 5 heterocycles. The lowest BCUT2D eigenvalue weighted by Gasteiger charge is -2.28. The van der Waals surface area contributed by atoms with E-state index in [4.69, 9.17) is 14.5 Å². The summed E-state index contributed by atoms with van der Waals surface area (Å²) in [7, 11) is 1.48. The van der Waals surface area contributed by atoms with Crippen molar-refractivity contribution in [3.63, 3.8) is 0 Å². The first kappa shape index (κ1) is 18.3. The number of ether oxygens (including phenoxy) is 2.